The molecule has 2 unspecified atom stereocenters. The van der Waals surface area contributed by atoms with Crippen LogP contribution in [0.25, 0.3) is 11.0 Å². The predicted octanol–water partition coefficient (Wildman–Crippen LogP) is 5.06. The van der Waals surface area contributed by atoms with Crippen LogP contribution in [0.1, 0.15) is 13.8 Å². The third kappa shape index (κ3) is 9.10. The summed E-state index contributed by atoms with van der Waals surface area (Å²) < 4.78 is 13.6. The molecule has 0 saturated heterocycles. The summed E-state index contributed by atoms with van der Waals surface area (Å²) in [5, 5.41) is 8.29. The first-order valence-corrected chi connectivity index (χ1v) is 14.7. The summed E-state index contributed by atoms with van der Waals surface area (Å²) >= 11 is 6.51. The molecule has 2 heterocycles. The maximum atomic E-state index is 10.6. The molecule has 2 aromatic heterocycles. The van der Waals surface area contributed by atoms with E-state index in [1.54, 1.807) is 18.2 Å². The van der Waals surface area contributed by atoms with Crippen molar-refractivity contribution in [1.29, 1.82) is 0 Å². The molecule has 0 bridgehead atoms. The Morgan fingerprint density at radius 1 is 1.20 bits per heavy atom. The number of carbonyl (C=O) groups is 1. The topological polar surface area (TPSA) is 133 Å². The lowest BCUT2D eigenvalue weighted by molar-refractivity contribution is -0.109. The molecule has 40 heavy (non-hydrogen) atoms. The number of nitrogens with one attached hydrogen (secondary N) is 2. The van der Waals surface area contributed by atoms with E-state index in [9.17, 15) is 9.59 Å². The Morgan fingerprint density at radius 3 is 2.67 bits per heavy atom. The van der Waals surface area contributed by atoms with Gasteiger partial charge >= 0.3 is 0 Å². The van der Waals surface area contributed by atoms with Gasteiger partial charge in [0.1, 0.15) is 35.7 Å². The number of aromatic nitrogens is 3. The number of nitrogens with two attached hydrogens (primary N) is 1. The molecule has 0 aliphatic heterocycles. The van der Waals surface area contributed by atoms with Crippen LogP contribution in [0.5, 0.6) is 17.2 Å². The van der Waals surface area contributed by atoms with Gasteiger partial charge in [-0.15, -0.1) is 10.5 Å². The van der Waals surface area contributed by atoms with Gasteiger partial charge in [-0.2, -0.15) is 0 Å². The van der Waals surface area contributed by atoms with Gasteiger partial charge in [0.15, 0.2) is 11.1 Å². The smallest absolute Gasteiger partial charge is 0.207 e. The van der Waals surface area contributed by atoms with Crippen LogP contribution in [0.3, 0.4) is 0 Å². The quantitative estimate of drug-likeness (QED) is 0.119. The van der Waals surface area contributed by atoms with Crippen LogP contribution < -0.4 is 25.8 Å². The number of halogens is 1. The molecule has 212 valence electrons. The Balaban J connectivity index is 0.000000663. The third-order valence-electron chi connectivity index (χ3n) is 5.45. The van der Waals surface area contributed by atoms with Gasteiger partial charge in [-0.25, -0.2) is 14.8 Å². The van der Waals surface area contributed by atoms with Gasteiger partial charge in [0.05, 0.1) is 10.5 Å². The van der Waals surface area contributed by atoms with Crippen LogP contribution in [0.2, 0.25) is 5.02 Å². The van der Waals surface area contributed by atoms with Gasteiger partial charge in [0, 0.05) is 37.1 Å². The van der Waals surface area contributed by atoms with Crippen molar-refractivity contribution >= 4 is 56.3 Å². The summed E-state index contributed by atoms with van der Waals surface area (Å²) in [5.74, 6) is 3.34. The van der Waals surface area contributed by atoms with Crippen molar-refractivity contribution in [2.75, 3.05) is 30.5 Å². The standard InChI is InChI=1S/C24H25ClN6O3.C4H8OS/c1-16(26)13-33-18-3-2-4-19(12-18)34-22-6-5-17(11-20(22)25)30-24-23-21(28-14-29-24)7-9-31(23)10-8-27-15-32;1-3-6(2)4-5/h2-7,9,11-12,14-16H,8,10,13,26H2,1H3,(H,27,32)(H,28,29,30);3H2,1-2H3. The Kier molecular flexibility index (Phi) is 12.0. The number of nitrogens with zero attached hydrogens (tertiary/aromatic N) is 3. The fourth-order valence-corrected chi connectivity index (χ4v) is 3.73. The van der Waals surface area contributed by atoms with E-state index in [0.717, 1.165) is 22.5 Å². The van der Waals surface area contributed by atoms with Crippen LogP contribution in [0.15, 0.2) is 61.1 Å². The minimum absolute atomic E-state index is 0.0638. The highest BCUT2D eigenvalue weighted by atomic mass is 35.5. The number of carbonyl (C=O) groups excluding carboxylic acids is 2. The number of fused-ring (bicyclic) bond motifs is 1. The van der Waals surface area contributed by atoms with Gasteiger partial charge in [0.2, 0.25) is 6.41 Å². The molecule has 4 aromatic rings. The molecule has 2 aromatic carbocycles. The highest BCUT2D eigenvalue weighted by molar-refractivity contribution is 8.13. The molecule has 1 amide bonds. The van der Waals surface area contributed by atoms with E-state index in [2.05, 4.69) is 20.6 Å². The minimum Gasteiger partial charge on any atom is -0.492 e. The van der Waals surface area contributed by atoms with Gasteiger partial charge < -0.3 is 30.4 Å². The van der Waals surface area contributed by atoms with E-state index in [0.29, 0.717) is 54.2 Å². The van der Waals surface area contributed by atoms with Crippen molar-refractivity contribution in [3.8, 4) is 17.2 Å². The third-order valence-corrected chi connectivity index (χ3v) is 6.89. The zero-order valence-electron chi connectivity index (χ0n) is 22.6. The Bertz CT molecular complexity index is 1470. The number of ether oxygens (including phenoxy) is 2. The molecule has 0 spiro atoms. The molecule has 0 radical (unpaired) electrons. The van der Waals surface area contributed by atoms with Crippen molar-refractivity contribution in [2.45, 2.75) is 26.4 Å². The maximum absolute atomic E-state index is 10.6. The predicted molar refractivity (Wildman–Crippen MR) is 162 cm³/mol. The molecule has 10 nitrogen and oxygen atoms in total. The normalized spacial score (nSPS) is 11.9. The highest BCUT2D eigenvalue weighted by Crippen LogP contribution is 2.34. The molecule has 4 rings (SSSR count). The number of rotatable bonds is 12. The zero-order chi connectivity index (χ0) is 28.9. The zero-order valence-corrected chi connectivity index (χ0v) is 24.2. The molecule has 0 aliphatic carbocycles. The summed E-state index contributed by atoms with van der Waals surface area (Å²) in [6, 6.07) is 14.5. The van der Waals surface area contributed by atoms with Crippen LogP contribution in [-0.2, 0) is 16.1 Å². The van der Waals surface area contributed by atoms with E-state index >= 15 is 0 Å². The molecular weight excluding hydrogens is 552 g/mol. The van der Waals surface area contributed by atoms with Crippen LogP contribution in [0, 0.1) is 0 Å². The van der Waals surface area contributed by atoms with Crippen molar-refractivity contribution < 1.29 is 19.1 Å². The Morgan fingerprint density at radius 2 is 2.00 bits per heavy atom. The van der Waals surface area contributed by atoms with E-state index in [-0.39, 0.29) is 16.5 Å². The lowest BCUT2D eigenvalue weighted by atomic mass is 10.2. The van der Waals surface area contributed by atoms with Gasteiger partial charge in [-0.05, 0) is 55.3 Å². The SMILES string of the molecule is CC(N)COc1cccc(Oc2ccc(Nc3ncnc4ccn(CCNC=O)c34)cc2Cl)c1.CCS(C)=C=O. The molecule has 2 atom stereocenters. The van der Waals surface area contributed by atoms with E-state index in [4.69, 9.17) is 26.8 Å². The summed E-state index contributed by atoms with van der Waals surface area (Å²) in [7, 11) is -0.0895. The second kappa shape index (κ2) is 15.6. The second-order valence-electron chi connectivity index (χ2n) is 8.68. The van der Waals surface area contributed by atoms with Crippen molar-refractivity contribution in [3.63, 3.8) is 0 Å². The first-order chi connectivity index (χ1) is 19.3. The van der Waals surface area contributed by atoms with Crippen molar-refractivity contribution in [2.24, 2.45) is 5.73 Å². The molecule has 0 saturated carbocycles. The Labute approximate surface area is 240 Å². The number of hydrogen-bond donors (Lipinski definition) is 3. The molecule has 0 aliphatic rings. The second-order valence-corrected chi connectivity index (χ2v) is 11.1. The van der Waals surface area contributed by atoms with Crippen molar-refractivity contribution in [3.05, 3.63) is 66.1 Å². The fraction of sp³-hybridized carbons (Fsp3) is 0.286. The Hall–Kier alpha value is -3.89. The molecule has 0 fully saturated rings. The lowest BCUT2D eigenvalue weighted by Crippen LogP contribution is -2.23. The van der Waals surface area contributed by atoms with Crippen molar-refractivity contribution in [1.82, 2.24) is 19.9 Å². The number of hydrogen-bond acceptors (Lipinski definition) is 8. The van der Waals surface area contributed by atoms with E-state index in [1.807, 2.05) is 66.4 Å². The van der Waals surface area contributed by atoms with E-state index in [1.165, 1.54) is 6.33 Å². The minimum atomic E-state index is -0.0895. The summed E-state index contributed by atoms with van der Waals surface area (Å²) in [6.07, 6.45) is 5.97. The summed E-state index contributed by atoms with van der Waals surface area (Å²) in [6.45, 7) is 5.36. The maximum Gasteiger partial charge on any atom is 0.207 e. The molecule has 4 N–H and O–H groups in total. The monoisotopic (exact) mass is 584 g/mol. The van der Waals surface area contributed by atoms with Crippen LogP contribution in [-0.4, -0.2) is 57.4 Å². The average Bonchev–Trinajstić information content (AvgIpc) is 3.37. The first kappa shape index (κ1) is 30.6. The highest BCUT2D eigenvalue weighted by Gasteiger charge is 2.11. The average molecular weight is 585 g/mol. The molecule has 12 heteroatoms. The lowest BCUT2D eigenvalue weighted by Gasteiger charge is -2.13. The van der Waals surface area contributed by atoms with Gasteiger partial charge in [-0.3, -0.25) is 4.79 Å². The fourth-order valence-electron chi connectivity index (χ4n) is 3.39. The van der Waals surface area contributed by atoms with Gasteiger partial charge in [-0.1, -0.05) is 24.6 Å². The number of amides is 1. The largest absolute Gasteiger partial charge is 0.492 e. The number of benzene rings is 2. The van der Waals surface area contributed by atoms with E-state index < -0.39 is 0 Å². The van der Waals surface area contributed by atoms with Crippen LogP contribution >= 0.6 is 22.1 Å². The summed E-state index contributed by atoms with van der Waals surface area (Å²) in [4.78, 5) is 28.9. The summed E-state index contributed by atoms with van der Waals surface area (Å²) in [5.41, 5.74) is 8.11. The van der Waals surface area contributed by atoms with Crippen LogP contribution in [0.4, 0.5) is 11.5 Å². The number of anilines is 2. The van der Waals surface area contributed by atoms with Gasteiger partial charge in [0.25, 0.3) is 0 Å². The first-order valence-electron chi connectivity index (χ1n) is 12.5. The molecular formula is C28H33ClN6O4S.